The molecular formula is C24H28ClN3O2. The van der Waals surface area contributed by atoms with Crippen LogP contribution in [0.25, 0.3) is 0 Å². The van der Waals surface area contributed by atoms with Crippen molar-refractivity contribution in [2.45, 2.75) is 31.8 Å². The van der Waals surface area contributed by atoms with Crippen molar-refractivity contribution >= 4 is 23.4 Å². The van der Waals surface area contributed by atoms with E-state index in [9.17, 15) is 9.59 Å². The number of hydrogen-bond acceptors (Lipinski definition) is 3. The summed E-state index contributed by atoms with van der Waals surface area (Å²) < 4.78 is 0. The quantitative estimate of drug-likeness (QED) is 0.796. The summed E-state index contributed by atoms with van der Waals surface area (Å²) in [7, 11) is 0. The predicted molar refractivity (Wildman–Crippen MR) is 118 cm³/mol. The molecule has 2 aromatic carbocycles. The maximum absolute atomic E-state index is 12.8. The van der Waals surface area contributed by atoms with E-state index in [1.165, 1.54) is 5.56 Å². The Hall–Kier alpha value is -2.37. The highest BCUT2D eigenvalue weighted by Gasteiger charge is 2.30. The molecule has 0 aliphatic carbocycles. The third kappa shape index (κ3) is 5.21. The van der Waals surface area contributed by atoms with Crippen molar-refractivity contribution in [3.8, 4) is 0 Å². The third-order valence-electron chi connectivity index (χ3n) is 6.11. The fourth-order valence-electron chi connectivity index (χ4n) is 4.37. The first-order chi connectivity index (χ1) is 14.6. The van der Waals surface area contributed by atoms with Gasteiger partial charge in [-0.15, -0.1) is 0 Å². The molecule has 0 aromatic heterocycles. The first-order valence-electron chi connectivity index (χ1n) is 10.7. The number of benzene rings is 2. The van der Waals surface area contributed by atoms with Gasteiger partial charge in [0.15, 0.2) is 0 Å². The molecule has 2 amide bonds. The van der Waals surface area contributed by atoms with E-state index in [1.807, 2.05) is 11.0 Å². The number of piperidine rings is 1. The van der Waals surface area contributed by atoms with E-state index in [-0.39, 0.29) is 23.8 Å². The lowest BCUT2D eigenvalue weighted by Crippen LogP contribution is -2.46. The van der Waals surface area contributed by atoms with Crippen molar-refractivity contribution < 1.29 is 9.59 Å². The largest absolute Gasteiger partial charge is 0.352 e. The van der Waals surface area contributed by atoms with Crippen molar-refractivity contribution in [1.82, 2.24) is 15.1 Å². The van der Waals surface area contributed by atoms with Crippen LogP contribution in [0, 0.1) is 5.92 Å². The minimum atomic E-state index is -0.0116. The van der Waals surface area contributed by atoms with Gasteiger partial charge in [0.25, 0.3) is 5.91 Å². The summed E-state index contributed by atoms with van der Waals surface area (Å²) in [6.07, 6.45) is 2.42. The first-order valence-corrected chi connectivity index (χ1v) is 11.1. The van der Waals surface area contributed by atoms with Gasteiger partial charge >= 0.3 is 0 Å². The Morgan fingerprint density at radius 1 is 0.933 bits per heavy atom. The fraction of sp³-hybridized carbons (Fsp3) is 0.417. The van der Waals surface area contributed by atoms with E-state index in [2.05, 4.69) is 34.5 Å². The van der Waals surface area contributed by atoms with Crippen LogP contribution in [-0.2, 0) is 11.3 Å². The van der Waals surface area contributed by atoms with Crippen molar-refractivity contribution in [2.75, 3.05) is 26.2 Å². The number of carbonyl (C=O) groups is 2. The maximum atomic E-state index is 12.8. The molecule has 2 aromatic rings. The molecule has 2 heterocycles. The summed E-state index contributed by atoms with van der Waals surface area (Å²) in [5, 5.41) is 3.87. The number of likely N-dealkylation sites (tertiary alicyclic amines) is 2. The molecule has 5 nitrogen and oxygen atoms in total. The molecule has 1 atom stereocenters. The highest BCUT2D eigenvalue weighted by atomic mass is 35.5. The van der Waals surface area contributed by atoms with Crippen molar-refractivity contribution in [2.24, 2.45) is 5.92 Å². The van der Waals surface area contributed by atoms with Gasteiger partial charge in [0, 0.05) is 55.3 Å². The molecule has 2 fully saturated rings. The summed E-state index contributed by atoms with van der Waals surface area (Å²) in [4.78, 5) is 29.6. The van der Waals surface area contributed by atoms with Crippen LogP contribution in [0.1, 0.15) is 35.2 Å². The van der Waals surface area contributed by atoms with Gasteiger partial charge in [-0.25, -0.2) is 0 Å². The summed E-state index contributed by atoms with van der Waals surface area (Å²) in [6.45, 7) is 4.06. The number of carbonyl (C=O) groups excluding carboxylic acids is 2. The van der Waals surface area contributed by atoms with E-state index in [0.717, 1.165) is 26.1 Å². The molecule has 0 spiro atoms. The minimum Gasteiger partial charge on any atom is -0.352 e. The Morgan fingerprint density at radius 2 is 1.63 bits per heavy atom. The van der Waals surface area contributed by atoms with Crippen molar-refractivity contribution in [3.63, 3.8) is 0 Å². The SMILES string of the molecule is O=C(N[C@H]1CCN(Cc2ccccc2)C1)C1CCN(C(=O)c2ccc(Cl)cc2)CC1. The van der Waals surface area contributed by atoms with Crippen LogP contribution in [0.2, 0.25) is 5.02 Å². The second-order valence-electron chi connectivity index (χ2n) is 8.29. The zero-order chi connectivity index (χ0) is 20.9. The Bertz CT molecular complexity index is 864. The second-order valence-corrected chi connectivity index (χ2v) is 8.72. The third-order valence-corrected chi connectivity index (χ3v) is 6.36. The zero-order valence-corrected chi connectivity index (χ0v) is 17.9. The smallest absolute Gasteiger partial charge is 0.253 e. The van der Waals surface area contributed by atoms with Crippen LogP contribution < -0.4 is 5.32 Å². The van der Waals surface area contributed by atoms with E-state index >= 15 is 0 Å². The normalized spacial score (nSPS) is 20.3. The number of hydrogen-bond donors (Lipinski definition) is 1. The van der Waals surface area contributed by atoms with Gasteiger partial charge in [0.05, 0.1) is 0 Å². The molecule has 0 radical (unpaired) electrons. The molecule has 0 bridgehead atoms. The molecule has 1 N–H and O–H groups in total. The van der Waals surface area contributed by atoms with Gasteiger partial charge in [-0.1, -0.05) is 41.9 Å². The fourth-order valence-corrected chi connectivity index (χ4v) is 4.50. The molecule has 2 aliphatic heterocycles. The maximum Gasteiger partial charge on any atom is 0.253 e. The van der Waals surface area contributed by atoms with E-state index in [0.29, 0.717) is 36.5 Å². The van der Waals surface area contributed by atoms with Gasteiger partial charge in [0.1, 0.15) is 0 Å². The van der Waals surface area contributed by atoms with Crippen LogP contribution >= 0.6 is 11.6 Å². The van der Waals surface area contributed by atoms with Crippen LogP contribution in [0.5, 0.6) is 0 Å². The lowest BCUT2D eigenvalue weighted by atomic mass is 9.95. The summed E-state index contributed by atoms with van der Waals surface area (Å²) in [5.74, 6) is 0.139. The Balaban J connectivity index is 1.22. The van der Waals surface area contributed by atoms with Crippen molar-refractivity contribution in [3.05, 3.63) is 70.7 Å². The van der Waals surface area contributed by atoms with E-state index < -0.39 is 0 Å². The van der Waals surface area contributed by atoms with Crippen LogP contribution in [-0.4, -0.2) is 53.8 Å². The lowest BCUT2D eigenvalue weighted by Gasteiger charge is -2.32. The zero-order valence-electron chi connectivity index (χ0n) is 17.1. The number of halogens is 1. The van der Waals surface area contributed by atoms with Crippen LogP contribution in [0.3, 0.4) is 0 Å². The van der Waals surface area contributed by atoms with Gasteiger partial charge in [0.2, 0.25) is 5.91 Å². The topological polar surface area (TPSA) is 52.7 Å². The highest BCUT2D eigenvalue weighted by Crippen LogP contribution is 2.21. The standard InChI is InChI=1S/C24H28ClN3O2/c25-21-8-6-20(7-9-21)24(30)28-14-10-19(11-15-28)23(29)26-22-12-13-27(17-22)16-18-4-2-1-3-5-18/h1-9,19,22H,10-17H2,(H,26,29)/t22-/m0/s1. The van der Waals surface area contributed by atoms with Gasteiger partial charge in [-0.2, -0.15) is 0 Å². The number of nitrogens with zero attached hydrogens (tertiary/aromatic N) is 2. The van der Waals surface area contributed by atoms with E-state index in [4.69, 9.17) is 11.6 Å². The summed E-state index contributed by atoms with van der Waals surface area (Å²) in [5.41, 5.74) is 1.95. The molecule has 2 saturated heterocycles. The number of amides is 2. The average molecular weight is 426 g/mol. The average Bonchev–Trinajstić information content (AvgIpc) is 3.21. The summed E-state index contributed by atoms with van der Waals surface area (Å²) in [6, 6.07) is 17.6. The molecule has 0 unspecified atom stereocenters. The van der Waals surface area contributed by atoms with Crippen LogP contribution in [0.15, 0.2) is 54.6 Å². The summed E-state index contributed by atoms with van der Waals surface area (Å²) >= 11 is 5.90. The van der Waals surface area contributed by atoms with Gasteiger partial charge < -0.3 is 10.2 Å². The molecule has 4 rings (SSSR count). The minimum absolute atomic E-state index is 0.0116. The number of nitrogens with one attached hydrogen (secondary N) is 1. The van der Waals surface area contributed by atoms with Gasteiger partial charge in [-0.3, -0.25) is 14.5 Å². The molecular weight excluding hydrogens is 398 g/mol. The van der Waals surface area contributed by atoms with Crippen LogP contribution in [0.4, 0.5) is 0 Å². The second kappa shape index (κ2) is 9.63. The van der Waals surface area contributed by atoms with Gasteiger partial charge in [-0.05, 0) is 49.1 Å². The molecule has 0 saturated carbocycles. The Kier molecular flexibility index (Phi) is 6.70. The Morgan fingerprint density at radius 3 is 2.33 bits per heavy atom. The monoisotopic (exact) mass is 425 g/mol. The molecule has 30 heavy (non-hydrogen) atoms. The lowest BCUT2D eigenvalue weighted by molar-refractivity contribution is -0.126. The first kappa shape index (κ1) is 20.9. The highest BCUT2D eigenvalue weighted by molar-refractivity contribution is 6.30. The Labute approximate surface area is 183 Å². The molecule has 158 valence electrons. The van der Waals surface area contributed by atoms with Crippen molar-refractivity contribution in [1.29, 1.82) is 0 Å². The van der Waals surface area contributed by atoms with E-state index in [1.54, 1.807) is 24.3 Å². The molecule has 2 aliphatic rings. The predicted octanol–water partition coefficient (Wildman–Crippen LogP) is 3.58. The number of rotatable bonds is 5. The molecule has 6 heteroatoms.